The number of benzene rings is 2. The smallest absolute Gasteiger partial charge is 0.287 e. The predicted molar refractivity (Wildman–Crippen MR) is 76.3 cm³/mol. The van der Waals surface area contributed by atoms with Crippen LogP contribution < -0.4 is 4.90 Å². The van der Waals surface area contributed by atoms with Crippen molar-refractivity contribution >= 4 is 11.4 Å². The van der Waals surface area contributed by atoms with Gasteiger partial charge < -0.3 is 4.90 Å². The molecule has 0 heterocycles. The molecule has 6 heteroatoms. The maximum Gasteiger partial charge on any atom is 0.287 e. The van der Waals surface area contributed by atoms with E-state index >= 15 is 0 Å². The first-order valence-corrected chi connectivity index (χ1v) is 6.15. The zero-order valence-corrected chi connectivity index (χ0v) is 11.3. The summed E-state index contributed by atoms with van der Waals surface area (Å²) in [5.41, 5.74) is 1.21. The molecule has 0 spiro atoms. The van der Waals surface area contributed by atoms with E-state index in [-0.39, 0.29) is 17.1 Å². The summed E-state index contributed by atoms with van der Waals surface area (Å²) in [6, 6.07) is 12.3. The van der Waals surface area contributed by atoms with Gasteiger partial charge in [-0.2, -0.15) is 5.26 Å². The second-order valence-corrected chi connectivity index (χ2v) is 4.56. The Morgan fingerprint density at radius 1 is 1.33 bits per heavy atom. The van der Waals surface area contributed by atoms with E-state index in [0.717, 1.165) is 5.56 Å². The molecule has 21 heavy (non-hydrogen) atoms. The molecule has 2 aromatic rings. The van der Waals surface area contributed by atoms with Crippen LogP contribution in [0.25, 0.3) is 0 Å². The Labute approximate surface area is 121 Å². The number of hydrogen-bond donors (Lipinski definition) is 0. The molecular weight excluding hydrogens is 273 g/mol. The molecule has 0 amide bonds. The van der Waals surface area contributed by atoms with Gasteiger partial charge >= 0.3 is 0 Å². The topological polar surface area (TPSA) is 70.2 Å². The van der Waals surface area contributed by atoms with Crippen LogP contribution in [0.5, 0.6) is 0 Å². The quantitative estimate of drug-likeness (QED) is 0.638. The van der Waals surface area contributed by atoms with Gasteiger partial charge in [0.25, 0.3) is 5.69 Å². The molecule has 0 aliphatic heterocycles. The third kappa shape index (κ3) is 3.34. The zero-order chi connectivity index (χ0) is 15.4. The fraction of sp³-hybridized carbons (Fsp3) is 0.133. The summed E-state index contributed by atoms with van der Waals surface area (Å²) in [4.78, 5) is 12.0. The van der Waals surface area contributed by atoms with Gasteiger partial charge in [0.1, 0.15) is 17.4 Å². The molecule has 2 rings (SSSR count). The van der Waals surface area contributed by atoms with Crippen LogP contribution in [0.3, 0.4) is 0 Å². The monoisotopic (exact) mass is 285 g/mol. The Morgan fingerprint density at radius 3 is 2.71 bits per heavy atom. The number of nitro benzene ring substituents is 1. The van der Waals surface area contributed by atoms with Gasteiger partial charge in [-0.3, -0.25) is 10.1 Å². The van der Waals surface area contributed by atoms with Gasteiger partial charge in [0.2, 0.25) is 0 Å². The first kappa shape index (κ1) is 14.5. The minimum Gasteiger partial charge on any atom is -0.370 e. The molecule has 0 aliphatic rings. The van der Waals surface area contributed by atoms with Crippen molar-refractivity contribution in [3.63, 3.8) is 0 Å². The van der Waals surface area contributed by atoms with Gasteiger partial charge in [0.15, 0.2) is 0 Å². The van der Waals surface area contributed by atoms with Gasteiger partial charge in [-0.05, 0) is 29.8 Å². The number of nitrogens with zero attached hydrogens (tertiary/aromatic N) is 3. The second-order valence-electron chi connectivity index (χ2n) is 4.56. The van der Waals surface area contributed by atoms with Crippen molar-refractivity contribution in [1.29, 1.82) is 5.26 Å². The summed E-state index contributed by atoms with van der Waals surface area (Å²) in [6.07, 6.45) is 0. The SMILES string of the molecule is CN(Cc1cccc(F)c1)c1ccc([N+](=O)[O-])c(C#N)c1. The fourth-order valence-corrected chi connectivity index (χ4v) is 2.01. The minimum atomic E-state index is -0.588. The predicted octanol–water partition coefficient (Wildman–Crippen LogP) is 3.24. The van der Waals surface area contributed by atoms with Crippen molar-refractivity contribution in [2.24, 2.45) is 0 Å². The van der Waals surface area contributed by atoms with Gasteiger partial charge in [-0.15, -0.1) is 0 Å². The van der Waals surface area contributed by atoms with E-state index in [1.54, 1.807) is 30.1 Å². The number of nitriles is 1. The highest BCUT2D eigenvalue weighted by molar-refractivity contribution is 5.59. The van der Waals surface area contributed by atoms with Crippen molar-refractivity contribution in [3.05, 3.63) is 69.5 Å². The Bertz CT molecular complexity index is 725. The maximum absolute atomic E-state index is 13.1. The van der Waals surface area contributed by atoms with E-state index in [1.165, 1.54) is 24.3 Å². The number of anilines is 1. The summed E-state index contributed by atoms with van der Waals surface area (Å²) >= 11 is 0. The molecule has 0 unspecified atom stereocenters. The molecular formula is C15H12FN3O2. The largest absolute Gasteiger partial charge is 0.370 e. The van der Waals surface area contributed by atoms with Crippen molar-refractivity contribution < 1.29 is 9.31 Å². The minimum absolute atomic E-state index is 0.00333. The molecule has 0 atom stereocenters. The highest BCUT2D eigenvalue weighted by Crippen LogP contribution is 2.24. The average Bonchev–Trinajstić information content (AvgIpc) is 2.46. The van der Waals surface area contributed by atoms with E-state index in [4.69, 9.17) is 5.26 Å². The molecule has 0 aromatic heterocycles. The van der Waals surface area contributed by atoms with E-state index in [2.05, 4.69) is 0 Å². The summed E-state index contributed by atoms with van der Waals surface area (Å²) in [7, 11) is 1.77. The molecule has 106 valence electrons. The van der Waals surface area contributed by atoms with Crippen molar-refractivity contribution in [3.8, 4) is 6.07 Å². The van der Waals surface area contributed by atoms with E-state index in [9.17, 15) is 14.5 Å². The highest BCUT2D eigenvalue weighted by Gasteiger charge is 2.15. The van der Waals surface area contributed by atoms with Crippen molar-refractivity contribution in [2.45, 2.75) is 6.54 Å². The van der Waals surface area contributed by atoms with Crippen LogP contribution in [-0.2, 0) is 6.54 Å². The van der Waals surface area contributed by atoms with E-state index in [1.807, 2.05) is 6.07 Å². The fourth-order valence-electron chi connectivity index (χ4n) is 2.01. The van der Waals surface area contributed by atoms with Gasteiger partial charge in [-0.25, -0.2) is 4.39 Å². The third-order valence-electron chi connectivity index (χ3n) is 3.05. The third-order valence-corrected chi connectivity index (χ3v) is 3.05. The highest BCUT2D eigenvalue weighted by atomic mass is 19.1. The summed E-state index contributed by atoms with van der Waals surface area (Å²) in [5, 5.41) is 19.8. The Kier molecular flexibility index (Phi) is 4.14. The van der Waals surface area contributed by atoms with Crippen LogP contribution in [0, 0.1) is 27.3 Å². The number of halogens is 1. The molecule has 2 aromatic carbocycles. The van der Waals surface area contributed by atoms with Gasteiger partial charge in [0.05, 0.1) is 4.92 Å². The van der Waals surface area contributed by atoms with Crippen LogP contribution in [0.4, 0.5) is 15.8 Å². The molecule has 0 saturated carbocycles. The average molecular weight is 285 g/mol. The Balaban J connectivity index is 2.26. The maximum atomic E-state index is 13.1. The summed E-state index contributed by atoms with van der Waals surface area (Å²) < 4.78 is 13.1. The molecule has 0 fully saturated rings. The number of rotatable bonds is 4. The molecule has 0 saturated heterocycles. The van der Waals surface area contributed by atoms with E-state index in [0.29, 0.717) is 12.2 Å². The van der Waals surface area contributed by atoms with Crippen LogP contribution in [0.1, 0.15) is 11.1 Å². The Morgan fingerprint density at radius 2 is 2.10 bits per heavy atom. The van der Waals surface area contributed by atoms with Gasteiger partial charge in [-0.1, -0.05) is 12.1 Å². The normalized spacial score (nSPS) is 9.95. The van der Waals surface area contributed by atoms with Gasteiger partial charge in [0, 0.05) is 25.3 Å². The molecule has 5 nitrogen and oxygen atoms in total. The lowest BCUT2D eigenvalue weighted by Gasteiger charge is -2.19. The van der Waals surface area contributed by atoms with Crippen LogP contribution in [0.15, 0.2) is 42.5 Å². The second kappa shape index (κ2) is 6.01. The zero-order valence-electron chi connectivity index (χ0n) is 11.3. The number of hydrogen-bond acceptors (Lipinski definition) is 4. The van der Waals surface area contributed by atoms with Crippen LogP contribution >= 0.6 is 0 Å². The summed E-state index contributed by atoms with van der Waals surface area (Å²) in [6.45, 7) is 0.431. The van der Waals surface area contributed by atoms with Crippen LogP contribution in [-0.4, -0.2) is 12.0 Å². The van der Waals surface area contributed by atoms with Crippen LogP contribution in [0.2, 0.25) is 0 Å². The summed E-state index contributed by atoms with van der Waals surface area (Å²) in [5.74, 6) is -0.317. The molecule has 0 radical (unpaired) electrons. The molecule has 0 N–H and O–H groups in total. The molecule has 0 aliphatic carbocycles. The Hall–Kier alpha value is -2.94. The number of nitro groups is 1. The standard InChI is InChI=1S/C15H12FN3O2/c1-18(10-11-3-2-4-13(16)7-11)14-5-6-15(19(20)21)12(8-14)9-17/h2-8H,10H2,1H3. The lowest BCUT2D eigenvalue weighted by Crippen LogP contribution is -2.16. The lowest BCUT2D eigenvalue weighted by molar-refractivity contribution is -0.385. The lowest BCUT2D eigenvalue weighted by atomic mass is 10.1. The van der Waals surface area contributed by atoms with Crippen molar-refractivity contribution in [2.75, 3.05) is 11.9 Å². The van der Waals surface area contributed by atoms with Crippen molar-refractivity contribution in [1.82, 2.24) is 0 Å². The van der Waals surface area contributed by atoms with E-state index < -0.39 is 4.92 Å². The first-order valence-electron chi connectivity index (χ1n) is 6.15. The first-order chi connectivity index (χ1) is 10.0. The molecule has 0 bridgehead atoms.